The summed E-state index contributed by atoms with van der Waals surface area (Å²) in [4.78, 5) is 40.4. The van der Waals surface area contributed by atoms with Gasteiger partial charge in [0.2, 0.25) is 5.78 Å². The Morgan fingerprint density at radius 3 is 1.97 bits per heavy atom. The number of carbonyl (C=O) groups excluding carboxylic acids is 3. The van der Waals surface area contributed by atoms with E-state index < -0.39 is 17.7 Å². The Kier molecular flexibility index (Phi) is 5.23. The molecule has 2 aromatic heterocycles. The van der Waals surface area contributed by atoms with Crippen LogP contribution in [0.1, 0.15) is 36.8 Å². The molecule has 0 unspecified atom stereocenters. The van der Waals surface area contributed by atoms with Gasteiger partial charge in [0, 0.05) is 10.9 Å². The lowest BCUT2D eigenvalue weighted by molar-refractivity contribution is 0.0556. The molecule has 6 aromatic rings. The van der Waals surface area contributed by atoms with E-state index in [2.05, 4.69) is 0 Å². The Bertz CT molecular complexity index is 1910. The number of hydrogen-bond donors (Lipinski definition) is 0. The number of rotatable bonds is 4. The largest absolute Gasteiger partial charge is 0.465 e. The van der Waals surface area contributed by atoms with E-state index in [0.717, 1.165) is 26.9 Å². The Balaban J connectivity index is 1.77. The first-order chi connectivity index (χ1) is 18.0. The van der Waals surface area contributed by atoms with E-state index in [4.69, 9.17) is 9.47 Å². The quantitative estimate of drug-likeness (QED) is 0.168. The minimum atomic E-state index is -0.790. The molecule has 0 amide bonds. The number of esters is 2. The van der Waals surface area contributed by atoms with E-state index in [1.165, 1.54) is 14.2 Å². The van der Waals surface area contributed by atoms with Crippen LogP contribution in [-0.4, -0.2) is 36.3 Å². The monoisotopic (exact) mass is 487 g/mol. The molecule has 0 aliphatic rings. The Morgan fingerprint density at radius 2 is 1.22 bits per heavy atom. The van der Waals surface area contributed by atoms with Crippen LogP contribution in [0, 0.1) is 0 Å². The van der Waals surface area contributed by atoms with Gasteiger partial charge in [0.25, 0.3) is 0 Å². The summed E-state index contributed by atoms with van der Waals surface area (Å²) in [5.74, 6) is -1.92. The van der Waals surface area contributed by atoms with Gasteiger partial charge < -0.3 is 13.9 Å². The Labute approximate surface area is 211 Å². The van der Waals surface area contributed by atoms with Crippen molar-refractivity contribution in [3.63, 3.8) is 0 Å². The third-order valence-corrected chi connectivity index (χ3v) is 6.81. The van der Waals surface area contributed by atoms with Crippen LogP contribution in [0.5, 0.6) is 0 Å². The molecule has 0 bridgehead atoms. The minimum absolute atomic E-state index is 0.00597. The van der Waals surface area contributed by atoms with Gasteiger partial charge >= 0.3 is 11.9 Å². The fourth-order valence-corrected chi connectivity index (χ4v) is 5.11. The number of carbonyl (C=O) groups is 3. The number of fused-ring (bicyclic) bond motifs is 6. The molecule has 0 fully saturated rings. The zero-order valence-corrected chi connectivity index (χ0v) is 20.1. The van der Waals surface area contributed by atoms with Crippen LogP contribution in [0.15, 0.2) is 91.0 Å². The fraction of sp³-hybridized carbons (Fsp3) is 0.0645. The molecular formula is C31H21NO5. The maximum absolute atomic E-state index is 14.2. The number of hydrogen-bond acceptors (Lipinski definition) is 5. The zero-order valence-electron chi connectivity index (χ0n) is 20.1. The maximum atomic E-state index is 14.2. The summed E-state index contributed by atoms with van der Waals surface area (Å²) in [6.45, 7) is 0. The van der Waals surface area contributed by atoms with E-state index >= 15 is 0 Å². The first-order valence-corrected chi connectivity index (χ1v) is 11.7. The number of nitrogens with zero attached hydrogens (tertiary/aromatic N) is 1. The molecule has 6 nitrogen and oxygen atoms in total. The molecular weight excluding hydrogens is 466 g/mol. The number of aromatic nitrogens is 1. The molecule has 37 heavy (non-hydrogen) atoms. The molecule has 0 aliphatic heterocycles. The number of ketones is 1. The van der Waals surface area contributed by atoms with Crippen molar-refractivity contribution in [2.75, 3.05) is 14.2 Å². The number of pyridine rings is 1. The molecule has 180 valence electrons. The molecule has 0 radical (unpaired) electrons. The summed E-state index contributed by atoms with van der Waals surface area (Å²) in [5, 5.41) is 4.77. The van der Waals surface area contributed by atoms with Crippen LogP contribution in [0.2, 0.25) is 0 Å². The minimum Gasteiger partial charge on any atom is -0.465 e. The molecule has 0 saturated carbocycles. The number of benzene rings is 4. The molecule has 0 saturated heterocycles. The normalized spacial score (nSPS) is 11.3. The molecule has 0 N–H and O–H groups in total. The van der Waals surface area contributed by atoms with Gasteiger partial charge in [-0.2, -0.15) is 0 Å². The second kappa shape index (κ2) is 8.60. The summed E-state index contributed by atoms with van der Waals surface area (Å²) in [6, 6.07) is 28.5. The first-order valence-electron chi connectivity index (χ1n) is 11.7. The maximum Gasteiger partial charge on any atom is 0.341 e. The third-order valence-electron chi connectivity index (χ3n) is 6.81. The van der Waals surface area contributed by atoms with Crippen molar-refractivity contribution < 1.29 is 23.9 Å². The van der Waals surface area contributed by atoms with E-state index in [0.29, 0.717) is 16.6 Å². The predicted octanol–water partition coefficient (Wildman–Crippen LogP) is 6.20. The molecule has 0 spiro atoms. The van der Waals surface area contributed by atoms with Crippen molar-refractivity contribution in [2.45, 2.75) is 0 Å². The topological polar surface area (TPSA) is 74.1 Å². The standard InChI is InChI=1S/C31H21NO5/c1-36-30(34)26-25-16-14-23-22-10-6-5-8-19(22)13-15-24(23)32(25)28(27(26)31(35)37-2)29(33)21-12-11-18-7-3-4-9-20(18)17-21/h3-17H,1-2H3. The van der Waals surface area contributed by atoms with Gasteiger partial charge in [0.1, 0.15) is 16.8 Å². The molecule has 0 atom stereocenters. The fourth-order valence-electron chi connectivity index (χ4n) is 5.11. The summed E-state index contributed by atoms with van der Waals surface area (Å²) in [6.07, 6.45) is 0. The number of ether oxygens (including phenoxy) is 2. The van der Waals surface area contributed by atoms with Crippen LogP contribution in [0.4, 0.5) is 0 Å². The van der Waals surface area contributed by atoms with E-state index in [9.17, 15) is 14.4 Å². The molecule has 2 heterocycles. The SMILES string of the molecule is COC(=O)c1c(C(=O)OC)c2ccc3c4ccccc4ccc3n2c1C(=O)c1ccc2ccccc2c1. The second-order valence-corrected chi connectivity index (χ2v) is 8.75. The molecule has 6 heteroatoms. The molecule has 6 rings (SSSR count). The third kappa shape index (κ3) is 3.37. The lowest BCUT2D eigenvalue weighted by Gasteiger charge is -2.11. The first kappa shape index (κ1) is 22.5. The highest BCUT2D eigenvalue weighted by Gasteiger charge is 2.34. The van der Waals surface area contributed by atoms with E-state index in [1.54, 1.807) is 22.6 Å². The van der Waals surface area contributed by atoms with Crippen LogP contribution in [0.25, 0.3) is 38.0 Å². The van der Waals surface area contributed by atoms with Crippen molar-refractivity contribution in [1.82, 2.24) is 4.40 Å². The van der Waals surface area contributed by atoms with Crippen LogP contribution in [-0.2, 0) is 9.47 Å². The van der Waals surface area contributed by atoms with Gasteiger partial charge in [-0.3, -0.25) is 4.79 Å². The van der Waals surface area contributed by atoms with Crippen LogP contribution in [0.3, 0.4) is 0 Å². The van der Waals surface area contributed by atoms with Crippen molar-refractivity contribution >= 4 is 55.7 Å². The highest BCUT2D eigenvalue weighted by molar-refractivity contribution is 6.22. The van der Waals surface area contributed by atoms with Gasteiger partial charge in [-0.25, -0.2) is 9.59 Å². The highest BCUT2D eigenvalue weighted by atomic mass is 16.5. The average Bonchev–Trinajstić information content (AvgIpc) is 3.31. The Morgan fingerprint density at radius 1 is 0.595 bits per heavy atom. The van der Waals surface area contributed by atoms with Gasteiger partial charge in [-0.15, -0.1) is 0 Å². The summed E-state index contributed by atoms with van der Waals surface area (Å²) < 4.78 is 11.8. The zero-order chi connectivity index (χ0) is 25.7. The van der Waals surface area contributed by atoms with Crippen molar-refractivity contribution in [1.29, 1.82) is 0 Å². The van der Waals surface area contributed by atoms with Crippen LogP contribution < -0.4 is 0 Å². The van der Waals surface area contributed by atoms with Crippen LogP contribution >= 0.6 is 0 Å². The molecule has 4 aromatic carbocycles. The van der Waals surface area contributed by atoms with Crippen molar-refractivity contribution in [3.05, 3.63) is 113 Å². The lowest BCUT2D eigenvalue weighted by atomic mass is 9.99. The van der Waals surface area contributed by atoms with E-state index in [1.807, 2.05) is 72.8 Å². The van der Waals surface area contributed by atoms with Crippen molar-refractivity contribution in [3.8, 4) is 0 Å². The number of methoxy groups -OCH3 is 2. The average molecular weight is 488 g/mol. The van der Waals surface area contributed by atoms with E-state index in [-0.39, 0.29) is 16.8 Å². The molecule has 0 aliphatic carbocycles. The van der Waals surface area contributed by atoms with Gasteiger partial charge in [0.15, 0.2) is 0 Å². The summed E-state index contributed by atoms with van der Waals surface area (Å²) >= 11 is 0. The summed E-state index contributed by atoms with van der Waals surface area (Å²) in [7, 11) is 2.47. The lowest BCUT2D eigenvalue weighted by Crippen LogP contribution is -2.15. The highest BCUT2D eigenvalue weighted by Crippen LogP contribution is 2.34. The smallest absolute Gasteiger partial charge is 0.341 e. The predicted molar refractivity (Wildman–Crippen MR) is 142 cm³/mol. The van der Waals surface area contributed by atoms with Gasteiger partial charge in [-0.1, -0.05) is 72.8 Å². The van der Waals surface area contributed by atoms with Gasteiger partial charge in [0.05, 0.1) is 25.3 Å². The Hall–Kier alpha value is -4.97. The van der Waals surface area contributed by atoms with Gasteiger partial charge in [-0.05, 0) is 39.7 Å². The summed E-state index contributed by atoms with van der Waals surface area (Å²) in [5.41, 5.74) is 1.39. The van der Waals surface area contributed by atoms with Crippen molar-refractivity contribution in [2.24, 2.45) is 0 Å². The second-order valence-electron chi connectivity index (χ2n) is 8.75.